The van der Waals surface area contributed by atoms with Crippen LogP contribution in [-0.2, 0) is 4.79 Å². The molecule has 0 unspecified atom stereocenters. The van der Waals surface area contributed by atoms with Crippen molar-refractivity contribution in [3.05, 3.63) is 53.8 Å². The van der Waals surface area contributed by atoms with Gasteiger partial charge >= 0.3 is 0 Å². The molecule has 2 aromatic rings. The third-order valence-electron chi connectivity index (χ3n) is 4.76. The van der Waals surface area contributed by atoms with Gasteiger partial charge in [0.15, 0.2) is 5.78 Å². The quantitative estimate of drug-likeness (QED) is 0.547. The molecule has 1 aliphatic heterocycles. The number of rotatable bonds is 6. The minimum absolute atomic E-state index is 0.00516. The molecule has 5 nitrogen and oxygen atoms in total. The van der Waals surface area contributed by atoms with E-state index in [-0.39, 0.29) is 17.4 Å². The molecule has 0 saturated carbocycles. The van der Waals surface area contributed by atoms with Gasteiger partial charge in [-0.05, 0) is 43.3 Å². The second-order valence-corrected chi connectivity index (χ2v) is 7.57. The second-order valence-electron chi connectivity index (χ2n) is 6.56. The Hall–Kier alpha value is -2.54. The lowest BCUT2D eigenvalue weighted by molar-refractivity contribution is -0.128. The molecular formula is C21H23FN2O3S. The van der Waals surface area contributed by atoms with E-state index >= 15 is 0 Å². The number of nitrogens with zero attached hydrogens (tertiary/aromatic N) is 2. The average molecular weight is 402 g/mol. The van der Waals surface area contributed by atoms with E-state index in [4.69, 9.17) is 4.74 Å². The maximum atomic E-state index is 14.1. The lowest BCUT2D eigenvalue weighted by atomic mass is 10.1. The van der Waals surface area contributed by atoms with Crippen LogP contribution in [0.1, 0.15) is 17.3 Å². The first kappa shape index (κ1) is 20.2. The first-order chi connectivity index (χ1) is 13.5. The van der Waals surface area contributed by atoms with Crippen molar-refractivity contribution in [2.75, 3.05) is 43.9 Å². The summed E-state index contributed by atoms with van der Waals surface area (Å²) in [6, 6.07) is 12.3. The van der Waals surface area contributed by atoms with Crippen molar-refractivity contribution in [1.29, 1.82) is 0 Å². The number of piperazine rings is 1. The van der Waals surface area contributed by atoms with E-state index in [1.54, 1.807) is 19.2 Å². The van der Waals surface area contributed by atoms with E-state index in [0.29, 0.717) is 23.5 Å². The predicted molar refractivity (Wildman–Crippen MR) is 109 cm³/mol. The third kappa shape index (κ3) is 4.84. The minimum Gasteiger partial charge on any atom is -0.497 e. The molecule has 0 aromatic heterocycles. The fourth-order valence-corrected chi connectivity index (χ4v) is 3.90. The molecule has 148 valence electrons. The summed E-state index contributed by atoms with van der Waals surface area (Å²) in [6.07, 6.45) is 0. The summed E-state index contributed by atoms with van der Waals surface area (Å²) in [4.78, 5) is 28.2. The zero-order valence-corrected chi connectivity index (χ0v) is 16.8. The topological polar surface area (TPSA) is 49.9 Å². The minimum atomic E-state index is -0.463. The number of carbonyl (C=O) groups is 2. The Labute approximate surface area is 168 Å². The summed E-state index contributed by atoms with van der Waals surface area (Å²) >= 11 is 1.17. The Morgan fingerprint density at radius 3 is 2.32 bits per heavy atom. The van der Waals surface area contributed by atoms with Gasteiger partial charge in [0.25, 0.3) is 0 Å². The number of halogens is 1. The molecule has 0 atom stereocenters. The van der Waals surface area contributed by atoms with Gasteiger partial charge in [0.1, 0.15) is 11.6 Å². The Morgan fingerprint density at radius 2 is 1.75 bits per heavy atom. The lowest BCUT2D eigenvalue weighted by Crippen LogP contribution is -2.49. The molecule has 1 fully saturated rings. The number of thioether (sulfide) groups is 1. The van der Waals surface area contributed by atoms with Crippen LogP contribution in [-0.4, -0.2) is 55.6 Å². The van der Waals surface area contributed by atoms with Crippen molar-refractivity contribution >= 4 is 29.1 Å². The number of ether oxygens (including phenoxy) is 1. The van der Waals surface area contributed by atoms with Crippen molar-refractivity contribution in [3.8, 4) is 5.75 Å². The summed E-state index contributed by atoms with van der Waals surface area (Å²) in [7, 11) is 1.64. The maximum absolute atomic E-state index is 14.1. The van der Waals surface area contributed by atoms with Gasteiger partial charge < -0.3 is 14.5 Å². The van der Waals surface area contributed by atoms with Gasteiger partial charge in [-0.2, -0.15) is 0 Å². The van der Waals surface area contributed by atoms with Gasteiger partial charge in [-0.3, -0.25) is 9.59 Å². The molecule has 3 rings (SSSR count). The van der Waals surface area contributed by atoms with Gasteiger partial charge in [-0.25, -0.2) is 4.39 Å². The Bertz CT molecular complexity index is 849. The van der Waals surface area contributed by atoms with E-state index in [1.165, 1.54) is 24.8 Å². The molecule has 7 heteroatoms. The largest absolute Gasteiger partial charge is 0.497 e. The number of benzene rings is 2. The van der Waals surface area contributed by atoms with Crippen LogP contribution in [0.3, 0.4) is 0 Å². The molecule has 2 aromatic carbocycles. The summed E-state index contributed by atoms with van der Waals surface area (Å²) in [5.74, 6) is 0.349. The van der Waals surface area contributed by atoms with Crippen LogP contribution in [0.5, 0.6) is 5.75 Å². The molecule has 0 aliphatic carbocycles. The highest BCUT2D eigenvalue weighted by Crippen LogP contribution is 2.24. The molecule has 0 bridgehead atoms. The number of carbonyl (C=O) groups excluding carboxylic acids is 2. The summed E-state index contributed by atoms with van der Waals surface area (Å²) in [5.41, 5.74) is 1.44. The van der Waals surface area contributed by atoms with Crippen LogP contribution in [0.2, 0.25) is 0 Å². The predicted octanol–water partition coefficient (Wildman–Crippen LogP) is 3.48. The average Bonchev–Trinajstić information content (AvgIpc) is 2.72. The normalized spacial score (nSPS) is 14.1. The Morgan fingerprint density at radius 1 is 1.07 bits per heavy atom. The van der Waals surface area contributed by atoms with E-state index < -0.39 is 5.82 Å². The fraction of sp³-hybridized carbons (Fsp3) is 0.333. The van der Waals surface area contributed by atoms with Crippen molar-refractivity contribution in [2.45, 2.75) is 11.8 Å². The highest BCUT2D eigenvalue weighted by Gasteiger charge is 2.21. The SMILES string of the molecule is COc1ccc(N2CCN(C(=O)CSc3ccc(C(C)=O)cc3F)CC2)cc1. The van der Waals surface area contributed by atoms with E-state index in [2.05, 4.69) is 4.90 Å². The standard InChI is InChI=1S/C21H23FN2O3S/c1-15(25)16-3-8-20(19(22)13-16)28-14-21(26)24-11-9-23(10-12-24)17-4-6-18(27-2)7-5-17/h3-8,13H,9-12,14H2,1-2H3. The third-order valence-corrected chi connectivity index (χ3v) is 5.79. The summed E-state index contributed by atoms with van der Waals surface area (Å²) in [6.45, 7) is 4.18. The molecule has 1 saturated heterocycles. The van der Waals surface area contributed by atoms with E-state index in [1.807, 2.05) is 29.2 Å². The molecule has 0 N–H and O–H groups in total. The monoisotopic (exact) mass is 402 g/mol. The zero-order valence-electron chi connectivity index (χ0n) is 16.0. The first-order valence-corrected chi connectivity index (χ1v) is 10.1. The Balaban J connectivity index is 1.50. The van der Waals surface area contributed by atoms with Crippen LogP contribution in [0.25, 0.3) is 0 Å². The number of amides is 1. The first-order valence-electron chi connectivity index (χ1n) is 9.08. The second kappa shape index (κ2) is 9.10. The summed E-state index contributed by atoms with van der Waals surface area (Å²) in [5, 5.41) is 0. The molecule has 28 heavy (non-hydrogen) atoms. The molecule has 1 amide bonds. The van der Waals surface area contributed by atoms with Crippen LogP contribution in [0.15, 0.2) is 47.4 Å². The van der Waals surface area contributed by atoms with Crippen molar-refractivity contribution in [1.82, 2.24) is 4.90 Å². The summed E-state index contributed by atoms with van der Waals surface area (Å²) < 4.78 is 19.3. The number of hydrogen-bond donors (Lipinski definition) is 0. The number of hydrogen-bond acceptors (Lipinski definition) is 5. The van der Waals surface area contributed by atoms with Crippen LogP contribution in [0, 0.1) is 5.82 Å². The Kier molecular flexibility index (Phi) is 6.57. The lowest BCUT2D eigenvalue weighted by Gasteiger charge is -2.36. The van der Waals surface area contributed by atoms with Gasteiger partial charge in [-0.15, -0.1) is 11.8 Å². The fourth-order valence-electron chi connectivity index (χ4n) is 3.07. The number of methoxy groups -OCH3 is 1. The van der Waals surface area contributed by atoms with Gasteiger partial charge in [0.2, 0.25) is 5.91 Å². The highest BCUT2D eigenvalue weighted by atomic mass is 32.2. The van der Waals surface area contributed by atoms with Crippen LogP contribution in [0.4, 0.5) is 10.1 Å². The molecule has 0 radical (unpaired) electrons. The van der Waals surface area contributed by atoms with Crippen molar-refractivity contribution < 1.29 is 18.7 Å². The number of ketones is 1. The van der Waals surface area contributed by atoms with Crippen LogP contribution >= 0.6 is 11.8 Å². The molecule has 0 spiro atoms. The maximum Gasteiger partial charge on any atom is 0.233 e. The van der Waals surface area contributed by atoms with Gasteiger partial charge in [-0.1, -0.05) is 6.07 Å². The smallest absolute Gasteiger partial charge is 0.233 e. The van der Waals surface area contributed by atoms with E-state index in [9.17, 15) is 14.0 Å². The van der Waals surface area contributed by atoms with Crippen molar-refractivity contribution in [2.24, 2.45) is 0 Å². The zero-order chi connectivity index (χ0) is 20.1. The van der Waals surface area contributed by atoms with E-state index in [0.717, 1.165) is 24.5 Å². The molecule has 1 aliphatic rings. The van der Waals surface area contributed by atoms with Gasteiger partial charge in [0.05, 0.1) is 12.9 Å². The van der Waals surface area contributed by atoms with Crippen LogP contribution < -0.4 is 9.64 Å². The molecular weight excluding hydrogens is 379 g/mol. The highest BCUT2D eigenvalue weighted by molar-refractivity contribution is 8.00. The number of anilines is 1. The number of Topliss-reactive ketones (excluding diaryl/α,β-unsaturated/α-hetero) is 1. The van der Waals surface area contributed by atoms with Crippen molar-refractivity contribution in [3.63, 3.8) is 0 Å². The van der Waals surface area contributed by atoms with Gasteiger partial charge in [0, 0.05) is 42.3 Å². The molecule has 1 heterocycles.